The standard InChI is InChI=1S/C16H22N2O2S/c1-10(2)20-14-7-6-12(8-11(14)3)15(17)13(9-19)16(18-4)21-5/h6-10,17-18H,1-5H3/b16-13+,17-15?. The molecule has 21 heavy (non-hydrogen) atoms. The number of thioether (sulfide) groups is 1. The first-order valence-electron chi connectivity index (χ1n) is 6.72. The van der Waals surface area contributed by atoms with Crippen molar-refractivity contribution < 1.29 is 9.53 Å². The van der Waals surface area contributed by atoms with Gasteiger partial charge in [-0.2, -0.15) is 0 Å². The Hall–Kier alpha value is -1.75. The molecule has 1 aromatic carbocycles. The van der Waals surface area contributed by atoms with Crippen molar-refractivity contribution in [3.63, 3.8) is 0 Å². The molecule has 0 saturated carbocycles. The fourth-order valence-corrected chi connectivity index (χ4v) is 2.49. The Morgan fingerprint density at radius 2 is 2.10 bits per heavy atom. The lowest BCUT2D eigenvalue weighted by molar-refractivity contribution is -0.104. The molecule has 5 heteroatoms. The van der Waals surface area contributed by atoms with Gasteiger partial charge in [0.1, 0.15) is 5.75 Å². The summed E-state index contributed by atoms with van der Waals surface area (Å²) in [5.74, 6) is 0.803. The van der Waals surface area contributed by atoms with E-state index in [1.165, 1.54) is 11.8 Å². The molecule has 0 fully saturated rings. The van der Waals surface area contributed by atoms with E-state index in [0.29, 0.717) is 16.2 Å². The number of hydrogen-bond donors (Lipinski definition) is 2. The normalized spacial score (nSPS) is 11.9. The second-order valence-electron chi connectivity index (χ2n) is 4.84. The molecule has 2 N–H and O–H groups in total. The maximum Gasteiger partial charge on any atom is 0.154 e. The minimum absolute atomic E-state index is 0.104. The minimum Gasteiger partial charge on any atom is -0.491 e. The minimum atomic E-state index is 0.104. The summed E-state index contributed by atoms with van der Waals surface area (Å²) in [6.45, 7) is 5.88. The Balaban J connectivity index is 3.16. The van der Waals surface area contributed by atoms with Crippen LogP contribution in [0.3, 0.4) is 0 Å². The number of carbonyl (C=O) groups is 1. The average Bonchev–Trinajstić information content (AvgIpc) is 2.45. The number of carbonyl (C=O) groups excluding carboxylic acids is 1. The van der Waals surface area contributed by atoms with Crippen LogP contribution in [0, 0.1) is 12.3 Å². The number of hydrogen-bond acceptors (Lipinski definition) is 5. The van der Waals surface area contributed by atoms with Gasteiger partial charge in [0.25, 0.3) is 0 Å². The third-order valence-corrected chi connectivity index (χ3v) is 3.72. The zero-order valence-corrected chi connectivity index (χ0v) is 13.9. The topological polar surface area (TPSA) is 62.2 Å². The first-order chi connectivity index (χ1) is 9.94. The van der Waals surface area contributed by atoms with Crippen molar-refractivity contribution in [2.75, 3.05) is 13.3 Å². The molecule has 0 atom stereocenters. The van der Waals surface area contributed by atoms with Gasteiger partial charge in [-0.25, -0.2) is 0 Å². The summed E-state index contributed by atoms with van der Waals surface area (Å²) in [7, 11) is 1.74. The number of aldehydes is 1. The molecule has 0 radical (unpaired) electrons. The Kier molecular flexibility index (Phi) is 6.49. The largest absolute Gasteiger partial charge is 0.491 e. The molecule has 0 unspecified atom stereocenters. The van der Waals surface area contributed by atoms with Gasteiger partial charge >= 0.3 is 0 Å². The quantitative estimate of drug-likeness (QED) is 0.461. The smallest absolute Gasteiger partial charge is 0.154 e. The molecule has 4 nitrogen and oxygen atoms in total. The van der Waals surface area contributed by atoms with Gasteiger partial charge in [-0.3, -0.25) is 10.2 Å². The second kappa shape index (κ2) is 7.88. The van der Waals surface area contributed by atoms with E-state index < -0.39 is 0 Å². The van der Waals surface area contributed by atoms with E-state index in [-0.39, 0.29) is 11.8 Å². The van der Waals surface area contributed by atoms with E-state index in [9.17, 15) is 4.79 Å². The second-order valence-corrected chi connectivity index (χ2v) is 5.65. The van der Waals surface area contributed by atoms with Gasteiger partial charge in [-0.05, 0) is 50.8 Å². The van der Waals surface area contributed by atoms with E-state index in [1.54, 1.807) is 7.05 Å². The molecule has 0 saturated heterocycles. The third kappa shape index (κ3) is 4.36. The van der Waals surface area contributed by atoms with Crippen LogP contribution in [0.5, 0.6) is 5.75 Å². The van der Waals surface area contributed by atoms with Crippen molar-refractivity contribution in [2.24, 2.45) is 0 Å². The molecule has 0 heterocycles. The van der Waals surface area contributed by atoms with Crippen molar-refractivity contribution in [1.82, 2.24) is 5.32 Å². The first kappa shape index (κ1) is 17.3. The zero-order valence-electron chi connectivity index (χ0n) is 13.1. The van der Waals surface area contributed by atoms with E-state index in [4.69, 9.17) is 10.1 Å². The molecule has 0 amide bonds. The highest BCUT2D eigenvalue weighted by Gasteiger charge is 2.14. The summed E-state index contributed by atoms with van der Waals surface area (Å²) in [6, 6.07) is 5.53. The van der Waals surface area contributed by atoms with E-state index in [1.807, 2.05) is 45.2 Å². The van der Waals surface area contributed by atoms with Gasteiger partial charge in [0.15, 0.2) is 6.29 Å². The van der Waals surface area contributed by atoms with Gasteiger partial charge in [-0.15, -0.1) is 11.8 Å². The molecule has 0 aliphatic rings. The number of benzene rings is 1. The number of aryl methyl sites for hydroxylation is 1. The van der Waals surface area contributed by atoms with Crippen molar-refractivity contribution in [3.05, 3.63) is 39.9 Å². The van der Waals surface area contributed by atoms with Crippen LogP contribution < -0.4 is 10.1 Å². The van der Waals surface area contributed by atoms with E-state index in [0.717, 1.165) is 17.6 Å². The lowest BCUT2D eigenvalue weighted by Gasteiger charge is -2.14. The molecule has 0 bridgehead atoms. The fourth-order valence-electron chi connectivity index (χ4n) is 1.92. The Morgan fingerprint density at radius 3 is 2.52 bits per heavy atom. The third-order valence-electron chi connectivity index (χ3n) is 2.89. The van der Waals surface area contributed by atoms with E-state index >= 15 is 0 Å². The van der Waals surface area contributed by atoms with Crippen molar-refractivity contribution in [3.8, 4) is 5.75 Å². The van der Waals surface area contributed by atoms with Crippen LogP contribution in [0.15, 0.2) is 28.8 Å². The number of ether oxygens (including phenoxy) is 1. The monoisotopic (exact) mass is 306 g/mol. The molecular formula is C16H22N2O2S. The Labute approximate surface area is 130 Å². The van der Waals surface area contributed by atoms with Gasteiger partial charge in [0.2, 0.25) is 0 Å². The summed E-state index contributed by atoms with van der Waals surface area (Å²) in [5, 5.41) is 11.9. The molecule has 1 aromatic rings. The van der Waals surface area contributed by atoms with Crippen LogP contribution >= 0.6 is 11.8 Å². The van der Waals surface area contributed by atoms with Crippen LogP contribution in [0.1, 0.15) is 25.0 Å². The van der Waals surface area contributed by atoms with Crippen LogP contribution in [-0.2, 0) is 4.79 Å². The van der Waals surface area contributed by atoms with Crippen LogP contribution in [0.4, 0.5) is 0 Å². The van der Waals surface area contributed by atoms with E-state index in [2.05, 4.69) is 5.32 Å². The maximum atomic E-state index is 11.3. The Bertz CT molecular complexity index is 559. The maximum absolute atomic E-state index is 11.3. The first-order valence-corrected chi connectivity index (χ1v) is 7.94. The number of rotatable bonds is 7. The highest BCUT2D eigenvalue weighted by molar-refractivity contribution is 8.02. The van der Waals surface area contributed by atoms with Crippen LogP contribution in [0.2, 0.25) is 0 Å². The number of allylic oxidation sites excluding steroid dienone is 1. The van der Waals surface area contributed by atoms with Gasteiger partial charge in [0.05, 0.1) is 22.4 Å². The summed E-state index contributed by atoms with van der Waals surface area (Å²) in [4.78, 5) is 11.3. The predicted octanol–water partition coefficient (Wildman–Crippen LogP) is 3.14. The molecule has 0 aliphatic heterocycles. The highest BCUT2D eigenvalue weighted by atomic mass is 32.2. The fraction of sp³-hybridized carbons (Fsp3) is 0.375. The zero-order chi connectivity index (χ0) is 16.0. The average molecular weight is 306 g/mol. The lowest BCUT2D eigenvalue weighted by atomic mass is 10.0. The molecular weight excluding hydrogens is 284 g/mol. The highest BCUT2D eigenvalue weighted by Crippen LogP contribution is 2.23. The summed E-state index contributed by atoms with van der Waals surface area (Å²) < 4.78 is 5.69. The molecule has 114 valence electrons. The van der Waals surface area contributed by atoms with Gasteiger partial charge in [-0.1, -0.05) is 0 Å². The molecule has 0 aliphatic carbocycles. The van der Waals surface area contributed by atoms with Crippen molar-refractivity contribution >= 4 is 23.8 Å². The Morgan fingerprint density at radius 1 is 1.43 bits per heavy atom. The summed E-state index contributed by atoms with van der Waals surface area (Å²) in [5.41, 5.74) is 2.23. The number of nitrogens with one attached hydrogen (secondary N) is 2. The van der Waals surface area contributed by atoms with Gasteiger partial charge in [0, 0.05) is 12.6 Å². The van der Waals surface area contributed by atoms with Gasteiger partial charge < -0.3 is 10.1 Å². The molecule has 0 spiro atoms. The van der Waals surface area contributed by atoms with Crippen LogP contribution in [-0.4, -0.2) is 31.4 Å². The SMILES string of the molecule is CN/C(SC)=C(/C=O)C(=N)c1ccc(OC(C)C)c(C)c1. The predicted molar refractivity (Wildman–Crippen MR) is 89.4 cm³/mol. The van der Waals surface area contributed by atoms with Crippen molar-refractivity contribution in [1.29, 1.82) is 5.41 Å². The lowest BCUT2D eigenvalue weighted by Crippen LogP contribution is -2.14. The summed E-state index contributed by atoms with van der Waals surface area (Å²) >= 11 is 1.41. The molecule has 0 aromatic heterocycles. The molecule has 1 rings (SSSR count). The van der Waals surface area contributed by atoms with Crippen molar-refractivity contribution in [2.45, 2.75) is 26.9 Å². The van der Waals surface area contributed by atoms with Crippen LogP contribution in [0.25, 0.3) is 0 Å². The summed E-state index contributed by atoms with van der Waals surface area (Å²) in [6.07, 6.45) is 2.69.